The van der Waals surface area contributed by atoms with Crippen molar-refractivity contribution in [2.24, 2.45) is 0 Å². The quantitative estimate of drug-likeness (QED) is 0.179. The molecule has 10 aromatic rings. The highest BCUT2D eigenvalue weighted by atomic mass is 16.3. The van der Waals surface area contributed by atoms with Gasteiger partial charge in [-0.25, -0.2) is 0 Å². The molecular weight excluding hydrogens is 593 g/mol. The van der Waals surface area contributed by atoms with Crippen LogP contribution >= 0.6 is 0 Å². The fraction of sp³-hybridized carbons (Fsp3) is 0. The van der Waals surface area contributed by atoms with Crippen LogP contribution in [0.1, 0.15) is 0 Å². The van der Waals surface area contributed by atoms with Crippen molar-refractivity contribution >= 4 is 54.3 Å². The van der Waals surface area contributed by atoms with Crippen LogP contribution in [0.25, 0.3) is 110 Å². The Balaban J connectivity index is 1.23. The van der Waals surface area contributed by atoms with Gasteiger partial charge in [0.05, 0.1) is 0 Å². The van der Waals surface area contributed by atoms with Gasteiger partial charge in [-0.3, -0.25) is 0 Å². The fourth-order valence-corrected chi connectivity index (χ4v) is 8.67. The van der Waals surface area contributed by atoms with Crippen molar-refractivity contribution in [3.8, 4) is 55.6 Å². The molecule has 1 aliphatic rings. The molecule has 1 heteroatoms. The first-order chi connectivity index (χ1) is 24.3. The maximum Gasteiger partial charge on any atom is 0.136 e. The first kappa shape index (κ1) is 26.6. The molecule has 1 aromatic heterocycles. The number of furan rings is 1. The first-order valence-corrected chi connectivity index (χ1v) is 16.9. The molecule has 1 aliphatic carbocycles. The van der Waals surface area contributed by atoms with Crippen LogP contribution in [0.15, 0.2) is 174 Å². The predicted molar refractivity (Wildman–Crippen MR) is 207 cm³/mol. The van der Waals surface area contributed by atoms with Gasteiger partial charge in [0.1, 0.15) is 11.2 Å². The summed E-state index contributed by atoms with van der Waals surface area (Å²) in [6.45, 7) is 0. The Hall–Kier alpha value is -6.44. The van der Waals surface area contributed by atoms with Crippen LogP contribution in [0, 0.1) is 0 Å². The summed E-state index contributed by atoms with van der Waals surface area (Å²) in [5, 5.41) is 9.90. The van der Waals surface area contributed by atoms with Crippen molar-refractivity contribution in [2.75, 3.05) is 0 Å². The average Bonchev–Trinajstić information content (AvgIpc) is 3.71. The van der Waals surface area contributed by atoms with E-state index in [4.69, 9.17) is 4.42 Å². The third kappa shape index (κ3) is 3.65. The Kier molecular flexibility index (Phi) is 5.45. The molecule has 1 heterocycles. The molecule has 0 amide bonds. The summed E-state index contributed by atoms with van der Waals surface area (Å²) >= 11 is 0. The van der Waals surface area contributed by atoms with Crippen molar-refractivity contribution in [3.05, 3.63) is 170 Å². The SMILES string of the molecule is c1ccc(-c2ccc3c4c(cccc24)-c2ccccc2-3)c(-c2c3ccccc3c(-c3cccc4oc5ccccc5c34)c3ccccc23)c1. The third-order valence-corrected chi connectivity index (χ3v) is 10.6. The van der Waals surface area contributed by atoms with Crippen molar-refractivity contribution in [2.45, 2.75) is 0 Å². The van der Waals surface area contributed by atoms with Crippen LogP contribution in [0.2, 0.25) is 0 Å². The smallest absolute Gasteiger partial charge is 0.136 e. The first-order valence-electron chi connectivity index (χ1n) is 16.9. The van der Waals surface area contributed by atoms with Crippen molar-refractivity contribution in [1.82, 2.24) is 0 Å². The molecule has 0 atom stereocenters. The molecule has 0 spiro atoms. The summed E-state index contributed by atoms with van der Waals surface area (Å²) in [7, 11) is 0. The fourth-order valence-electron chi connectivity index (χ4n) is 8.67. The Bertz CT molecular complexity index is 2910. The molecule has 49 heavy (non-hydrogen) atoms. The molecule has 0 radical (unpaired) electrons. The molecule has 9 aromatic carbocycles. The molecule has 226 valence electrons. The lowest BCUT2D eigenvalue weighted by Crippen LogP contribution is -1.93. The Labute approximate surface area is 283 Å². The van der Waals surface area contributed by atoms with Crippen LogP contribution in [-0.2, 0) is 0 Å². The highest BCUT2D eigenvalue weighted by Crippen LogP contribution is 2.52. The van der Waals surface area contributed by atoms with Gasteiger partial charge >= 0.3 is 0 Å². The lowest BCUT2D eigenvalue weighted by atomic mass is 9.82. The van der Waals surface area contributed by atoms with E-state index in [2.05, 4.69) is 164 Å². The largest absolute Gasteiger partial charge is 0.456 e. The molecule has 0 bridgehead atoms. The number of hydrogen-bond acceptors (Lipinski definition) is 1. The monoisotopic (exact) mass is 620 g/mol. The highest BCUT2D eigenvalue weighted by Gasteiger charge is 2.25. The zero-order valence-corrected chi connectivity index (χ0v) is 26.6. The van der Waals surface area contributed by atoms with E-state index in [1.54, 1.807) is 0 Å². The summed E-state index contributed by atoms with van der Waals surface area (Å²) in [4.78, 5) is 0. The van der Waals surface area contributed by atoms with Gasteiger partial charge in [-0.1, -0.05) is 158 Å². The van der Waals surface area contributed by atoms with E-state index in [-0.39, 0.29) is 0 Å². The molecule has 0 unspecified atom stereocenters. The molecule has 0 aliphatic heterocycles. The second-order valence-electron chi connectivity index (χ2n) is 13.1. The summed E-state index contributed by atoms with van der Waals surface area (Å²) in [6, 6.07) is 62.0. The number of benzene rings is 9. The van der Waals surface area contributed by atoms with Crippen LogP contribution < -0.4 is 0 Å². The Morgan fingerprint density at radius 1 is 0.224 bits per heavy atom. The van der Waals surface area contributed by atoms with E-state index >= 15 is 0 Å². The number of rotatable bonds is 3. The van der Waals surface area contributed by atoms with E-state index in [1.165, 1.54) is 88.0 Å². The summed E-state index contributed by atoms with van der Waals surface area (Å²) in [6.07, 6.45) is 0. The van der Waals surface area contributed by atoms with Gasteiger partial charge in [0.25, 0.3) is 0 Å². The normalized spacial score (nSPS) is 12.1. The lowest BCUT2D eigenvalue weighted by Gasteiger charge is -2.20. The van der Waals surface area contributed by atoms with Gasteiger partial charge in [-0.2, -0.15) is 0 Å². The standard InChI is InChI=1S/C48H28O/c1-2-14-30-29(13-1)34-22-11-23-35-32(27-28-40(30)45(34)35)31-15-3-4-16-33(31)46-36-17-5-7-19-38(36)47(39-20-8-6-18-37(39)46)42-24-12-26-44-48(42)41-21-9-10-25-43(41)49-44/h1-28H. The Morgan fingerprint density at radius 3 is 1.31 bits per heavy atom. The van der Waals surface area contributed by atoms with Crippen LogP contribution in [0.3, 0.4) is 0 Å². The highest BCUT2D eigenvalue weighted by molar-refractivity contribution is 6.27. The van der Waals surface area contributed by atoms with E-state index in [0.717, 1.165) is 21.9 Å². The molecule has 0 fully saturated rings. The van der Waals surface area contributed by atoms with Gasteiger partial charge in [0.15, 0.2) is 0 Å². The predicted octanol–water partition coefficient (Wildman–Crippen LogP) is 13.7. The minimum atomic E-state index is 0.912. The van der Waals surface area contributed by atoms with E-state index in [1.807, 2.05) is 6.07 Å². The number of para-hydroxylation sites is 1. The van der Waals surface area contributed by atoms with Gasteiger partial charge in [0.2, 0.25) is 0 Å². The van der Waals surface area contributed by atoms with Crippen LogP contribution in [0.4, 0.5) is 0 Å². The second-order valence-corrected chi connectivity index (χ2v) is 13.1. The number of fused-ring (bicyclic) bond motifs is 8. The van der Waals surface area contributed by atoms with Crippen molar-refractivity contribution < 1.29 is 4.42 Å². The van der Waals surface area contributed by atoms with Gasteiger partial charge < -0.3 is 4.42 Å². The van der Waals surface area contributed by atoms with Gasteiger partial charge in [-0.05, 0) is 100 Å². The van der Waals surface area contributed by atoms with Crippen LogP contribution in [0.5, 0.6) is 0 Å². The van der Waals surface area contributed by atoms with E-state index < -0.39 is 0 Å². The summed E-state index contributed by atoms with van der Waals surface area (Å²) in [5.41, 5.74) is 14.6. The minimum Gasteiger partial charge on any atom is -0.456 e. The Morgan fingerprint density at radius 2 is 0.633 bits per heavy atom. The van der Waals surface area contributed by atoms with Crippen LogP contribution in [-0.4, -0.2) is 0 Å². The maximum absolute atomic E-state index is 6.37. The molecule has 0 saturated carbocycles. The summed E-state index contributed by atoms with van der Waals surface area (Å²) < 4.78 is 6.37. The lowest BCUT2D eigenvalue weighted by molar-refractivity contribution is 0.669. The molecular formula is C48H28O. The second kappa shape index (κ2) is 10.0. The third-order valence-electron chi connectivity index (χ3n) is 10.6. The molecule has 1 nitrogen and oxygen atoms in total. The van der Waals surface area contributed by atoms with Gasteiger partial charge in [0, 0.05) is 10.8 Å². The van der Waals surface area contributed by atoms with E-state index in [0.29, 0.717) is 0 Å². The topological polar surface area (TPSA) is 13.1 Å². The molecule has 11 rings (SSSR count). The average molecular weight is 621 g/mol. The maximum atomic E-state index is 6.37. The summed E-state index contributed by atoms with van der Waals surface area (Å²) in [5.74, 6) is 0. The number of hydrogen-bond donors (Lipinski definition) is 0. The minimum absolute atomic E-state index is 0.912. The zero-order chi connectivity index (χ0) is 32.1. The van der Waals surface area contributed by atoms with Crippen molar-refractivity contribution in [3.63, 3.8) is 0 Å². The van der Waals surface area contributed by atoms with E-state index in [9.17, 15) is 0 Å². The van der Waals surface area contributed by atoms with Gasteiger partial charge in [-0.15, -0.1) is 0 Å². The van der Waals surface area contributed by atoms with Crippen molar-refractivity contribution in [1.29, 1.82) is 0 Å². The molecule has 0 N–H and O–H groups in total. The zero-order valence-electron chi connectivity index (χ0n) is 26.6. The molecule has 0 saturated heterocycles.